The molecule has 0 spiro atoms. The third kappa shape index (κ3) is 2.30. The third-order valence-electron chi connectivity index (χ3n) is 2.31. The minimum atomic E-state index is 0.701. The van der Waals surface area contributed by atoms with Crippen molar-refractivity contribution < 1.29 is 4.52 Å². The van der Waals surface area contributed by atoms with Gasteiger partial charge in [-0.05, 0) is 36.2 Å². The molecule has 0 atom stereocenters. The molecule has 0 radical (unpaired) electrons. The molecule has 0 aliphatic heterocycles. The maximum Gasteiger partial charge on any atom is 0.193 e. The van der Waals surface area contributed by atoms with Crippen molar-refractivity contribution in [2.75, 3.05) is 0 Å². The summed E-state index contributed by atoms with van der Waals surface area (Å²) >= 11 is 3.12. The fraction of sp³-hybridized carbons (Fsp3) is 0.0833. The van der Waals surface area contributed by atoms with E-state index in [0.717, 1.165) is 21.2 Å². The van der Waals surface area contributed by atoms with Gasteiger partial charge in [0.1, 0.15) is 6.26 Å². The van der Waals surface area contributed by atoms with Crippen LogP contribution in [0.25, 0.3) is 10.6 Å². The van der Waals surface area contributed by atoms with E-state index in [1.165, 1.54) is 11.8 Å². The molecule has 90 valence electrons. The Balaban J connectivity index is 1.90. The van der Waals surface area contributed by atoms with Gasteiger partial charge in [-0.1, -0.05) is 11.2 Å². The lowest BCUT2D eigenvalue weighted by molar-refractivity contribution is 0.413. The van der Waals surface area contributed by atoms with Gasteiger partial charge in [0.05, 0.1) is 21.2 Å². The molecule has 0 N–H and O–H groups in total. The number of rotatable bonds is 3. The minimum Gasteiger partial charge on any atom is -0.363 e. The van der Waals surface area contributed by atoms with Crippen molar-refractivity contribution in [1.82, 2.24) is 15.1 Å². The van der Waals surface area contributed by atoms with Crippen LogP contribution in [-0.2, 0) is 0 Å². The van der Waals surface area contributed by atoms with Gasteiger partial charge in [0.25, 0.3) is 0 Å². The van der Waals surface area contributed by atoms with Crippen molar-refractivity contribution in [2.24, 2.45) is 0 Å². The average molecular weight is 275 g/mol. The number of hydrogen-bond donors (Lipinski definition) is 0. The van der Waals surface area contributed by atoms with Crippen LogP contribution in [0.1, 0.15) is 5.69 Å². The number of aromatic nitrogens is 3. The molecule has 0 unspecified atom stereocenters. The molecule has 0 aromatic carbocycles. The van der Waals surface area contributed by atoms with E-state index < -0.39 is 0 Å². The molecule has 0 bridgehead atoms. The lowest BCUT2D eigenvalue weighted by Gasteiger charge is -2.00. The van der Waals surface area contributed by atoms with Crippen LogP contribution in [0.4, 0.5) is 0 Å². The quantitative estimate of drug-likeness (QED) is 0.683. The van der Waals surface area contributed by atoms with E-state index in [9.17, 15) is 0 Å². The highest BCUT2D eigenvalue weighted by molar-refractivity contribution is 7.99. The van der Waals surface area contributed by atoms with Crippen LogP contribution >= 0.6 is 23.1 Å². The van der Waals surface area contributed by atoms with E-state index in [-0.39, 0.29) is 0 Å². The van der Waals surface area contributed by atoms with Crippen LogP contribution in [0.15, 0.2) is 50.6 Å². The Morgan fingerprint density at radius 2 is 2.28 bits per heavy atom. The summed E-state index contributed by atoms with van der Waals surface area (Å²) < 4.78 is 4.90. The van der Waals surface area contributed by atoms with E-state index in [0.29, 0.717) is 5.16 Å². The lowest BCUT2D eigenvalue weighted by atomic mass is 10.3. The van der Waals surface area contributed by atoms with E-state index in [1.807, 2.05) is 30.5 Å². The van der Waals surface area contributed by atoms with Crippen molar-refractivity contribution in [1.29, 1.82) is 0 Å². The first-order chi connectivity index (χ1) is 8.83. The summed E-state index contributed by atoms with van der Waals surface area (Å²) in [6.45, 7) is 1.90. The number of thiophene rings is 1. The minimum absolute atomic E-state index is 0.701. The standard InChI is InChI=1S/C12H9N3OS2/c1-8-11(7-16-15-8)18-12-13-5-4-9(14-12)10-3-2-6-17-10/h2-7H,1H3. The van der Waals surface area contributed by atoms with Gasteiger partial charge in [0.15, 0.2) is 5.16 Å². The van der Waals surface area contributed by atoms with Gasteiger partial charge in [-0.3, -0.25) is 0 Å². The predicted molar refractivity (Wildman–Crippen MR) is 70.7 cm³/mol. The van der Waals surface area contributed by atoms with Gasteiger partial charge in [0, 0.05) is 6.20 Å². The smallest absolute Gasteiger partial charge is 0.193 e. The van der Waals surface area contributed by atoms with E-state index in [2.05, 4.69) is 15.1 Å². The summed E-state index contributed by atoms with van der Waals surface area (Å²) in [5, 5.41) is 6.57. The molecule has 0 fully saturated rings. The molecule has 3 aromatic rings. The van der Waals surface area contributed by atoms with Crippen LogP contribution in [0.2, 0.25) is 0 Å². The monoisotopic (exact) mass is 275 g/mol. The Morgan fingerprint density at radius 1 is 1.33 bits per heavy atom. The summed E-state index contributed by atoms with van der Waals surface area (Å²) in [6, 6.07) is 5.97. The maximum absolute atomic E-state index is 4.90. The Bertz CT molecular complexity index is 649. The maximum atomic E-state index is 4.90. The van der Waals surface area contributed by atoms with E-state index >= 15 is 0 Å². The van der Waals surface area contributed by atoms with Crippen LogP contribution in [-0.4, -0.2) is 15.1 Å². The SMILES string of the molecule is Cc1nocc1Sc1nccc(-c2cccs2)n1. The lowest BCUT2D eigenvalue weighted by Crippen LogP contribution is -1.88. The molecular formula is C12H9N3OS2. The number of nitrogens with zero attached hydrogens (tertiary/aromatic N) is 3. The van der Waals surface area contributed by atoms with Gasteiger partial charge in [0.2, 0.25) is 0 Å². The molecular weight excluding hydrogens is 266 g/mol. The zero-order valence-electron chi connectivity index (χ0n) is 9.53. The first-order valence-corrected chi connectivity index (χ1v) is 6.98. The normalized spacial score (nSPS) is 10.7. The molecule has 0 aliphatic carbocycles. The molecule has 0 amide bonds. The predicted octanol–water partition coefficient (Wildman–Crippen LogP) is 3.65. The Labute approximate surface area is 112 Å². The zero-order valence-corrected chi connectivity index (χ0v) is 11.2. The second-order valence-corrected chi connectivity index (χ2v) is 5.52. The molecule has 18 heavy (non-hydrogen) atoms. The summed E-state index contributed by atoms with van der Waals surface area (Å²) in [5.74, 6) is 0. The molecule has 0 aliphatic rings. The van der Waals surface area contributed by atoms with Gasteiger partial charge < -0.3 is 4.52 Å². The van der Waals surface area contributed by atoms with Crippen LogP contribution in [0.3, 0.4) is 0 Å². The molecule has 0 saturated carbocycles. The summed E-state index contributed by atoms with van der Waals surface area (Å²) in [5.41, 5.74) is 1.79. The van der Waals surface area contributed by atoms with Gasteiger partial charge in [-0.2, -0.15) is 0 Å². The highest BCUT2D eigenvalue weighted by Crippen LogP contribution is 2.29. The van der Waals surface area contributed by atoms with Crippen LogP contribution in [0.5, 0.6) is 0 Å². The molecule has 4 nitrogen and oxygen atoms in total. The van der Waals surface area contributed by atoms with E-state index in [4.69, 9.17) is 4.52 Å². The van der Waals surface area contributed by atoms with Crippen molar-refractivity contribution in [2.45, 2.75) is 17.0 Å². The Morgan fingerprint density at radius 3 is 3.00 bits per heavy atom. The third-order valence-corrected chi connectivity index (χ3v) is 4.20. The molecule has 3 rings (SSSR count). The summed E-state index contributed by atoms with van der Waals surface area (Å²) in [7, 11) is 0. The molecule has 6 heteroatoms. The molecule has 0 saturated heterocycles. The van der Waals surface area contributed by atoms with Crippen molar-refractivity contribution in [3.05, 3.63) is 41.7 Å². The van der Waals surface area contributed by atoms with Crippen LogP contribution in [0, 0.1) is 6.92 Å². The van der Waals surface area contributed by atoms with Gasteiger partial charge in [-0.15, -0.1) is 11.3 Å². The number of aryl methyl sites for hydroxylation is 1. The first kappa shape index (κ1) is 11.4. The van der Waals surface area contributed by atoms with E-state index in [1.54, 1.807) is 23.8 Å². The van der Waals surface area contributed by atoms with Gasteiger partial charge >= 0.3 is 0 Å². The highest BCUT2D eigenvalue weighted by atomic mass is 32.2. The fourth-order valence-corrected chi connectivity index (χ4v) is 2.86. The fourth-order valence-electron chi connectivity index (χ4n) is 1.43. The Kier molecular flexibility index (Phi) is 3.12. The highest BCUT2D eigenvalue weighted by Gasteiger charge is 2.08. The molecule has 3 aromatic heterocycles. The van der Waals surface area contributed by atoms with Crippen molar-refractivity contribution in [3.63, 3.8) is 0 Å². The summed E-state index contributed by atoms with van der Waals surface area (Å²) in [6.07, 6.45) is 3.38. The zero-order chi connectivity index (χ0) is 12.4. The first-order valence-electron chi connectivity index (χ1n) is 5.29. The van der Waals surface area contributed by atoms with Crippen molar-refractivity contribution in [3.8, 4) is 10.6 Å². The topological polar surface area (TPSA) is 51.8 Å². The largest absolute Gasteiger partial charge is 0.363 e. The molecule has 3 heterocycles. The summed E-state index contributed by atoms with van der Waals surface area (Å²) in [4.78, 5) is 10.9. The Hall–Kier alpha value is -1.66. The second kappa shape index (κ2) is 4.91. The van der Waals surface area contributed by atoms with Crippen LogP contribution < -0.4 is 0 Å². The van der Waals surface area contributed by atoms with Crippen molar-refractivity contribution >= 4 is 23.1 Å². The average Bonchev–Trinajstić information content (AvgIpc) is 3.02. The van der Waals surface area contributed by atoms with Gasteiger partial charge in [-0.25, -0.2) is 9.97 Å². The number of hydrogen-bond acceptors (Lipinski definition) is 6. The second-order valence-electron chi connectivity index (χ2n) is 3.57.